The molecule has 1 aromatic carbocycles. The quantitative estimate of drug-likeness (QED) is 0.911. The second-order valence-electron chi connectivity index (χ2n) is 4.06. The van der Waals surface area contributed by atoms with Crippen LogP contribution in [0.4, 0.5) is 4.39 Å². The summed E-state index contributed by atoms with van der Waals surface area (Å²) in [4.78, 5) is 5.22. The molecule has 1 unspecified atom stereocenters. The minimum absolute atomic E-state index is 0.153. The zero-order chi connectivity index (χ0) is 13.0. The molecule has 1 heterocycles. The van der Waals surface area contributed by atoms with E-state index in [1.54, 1.807) is 29.0 Å². The fraction of sp³-hybridized carbons (Fsp3) is 0.308. The first-order valence-electron chi connectivity index (χ1n) is 5.68. The molecule has 18 heavy (non-hydrogen) atoms. The Bertz CT molecular complexity index is 481. The lowest BCUT2D eigenvalue weighted by atomic mass is 10.0. The van der Waals surface area contributed by atoms with Crippen LogP contribution in [0.25, 0.3) is 0 Å². The lowest BCUT2D eigenvalue weighted by Crippen LogP contribution is -2.30. The largest absolute Gasteiger partial charge is 0.316 e. The molecule has 0 aliphatic carbocycles. The van der Waals surface area contributed by atoms with E-state index in [-0.39, 0.29) is 11.9 Å². The fourth-order valence-electron chi connectivity index (χ4n) is 1.84. The van der Waals surface area contributed by atoms with Crippen LogP contribution in [0.3, 0.4) is 0 Å². The Hall–Kier alpha value is -0.970. The highest BCUT2D eigenvalue weighted by Gasteiger charge is 2.14. The van der Waals surface area contributed by atoms with E-state index in [4.69, 9.17) is 11.6 Å². The van der Waals surface area contributed by atoms with E-state index in [2.05, 4.69) is 10.3 Å². The van der Waals surface area contributed by atoms with Crippen LogP contribution in [-0.2, 0) is 12.8 Å². The van der Waals surface area contributed by atoms with Crippen molar-refractivity contribution in [3.05, 3.63) is 51.2 Å². The summed E-state index contributed by atoms with van der Waals surface area (Å²) in [7, 11) is 1.88. The van der Waals surface area contributed by atoms with Gasteiger partial charge in [0, 0.05) is 27.7 Å². The number of benzene rings is 1. The maximum atomic E-state index is 13.7. The molecule has 0 spiro atoms. The SMILES string of the molecule is CNC(Cc1cncs1)Cc1c(F)cccc1Cl. The van der Waals surface area contributed by atoms with E-state index in [1.165, 1.54) is 10.9 Å². The Balaban J connectivity index is 2.10. The molecule has 1 N–H and O–H groups in total. The number of aromatic nitrogens is 1. The molecule has 0 radical (unpaired) electrons. The predicted molar refractivity (Wildman–Crippen MR) is 73.8 cm³/mol. The van der Waals surface area contributed by atoms with Crippen molar-refractivity contribution in [2.24, 2.45) is 0 Å². The van der Waals surface area contributed by atoms with Gasteiger partial charge in [0.2, 0.25) is 0 Å². The van der Waals surface area contributed by atoms with Gasteiger partial charge in [0.1, 0.15) is 5.82 Å². The number of hydrogen-bond acceptors (Lipinski definition) is 3. The third-order valence-corrected chi connectivity index (χ3v) is 4.01. The molecule has 1 aromatic heterocycles. The van der Waals surface area contributed by atoms with Gasteiger partial charge in [-0.25, -0.2) is 4.39 Å². The van der Waals surface area contributed by atoms with Gasteiger partial charge in [0.15, 0.2) is 0 Å². The molecule has 2 rings (SSSR count). The first kappa shape index (κ1) is 13.5. The van der Waals surface area contributed by atoms with Crippen molar-refractivity contribution < 1.29 is 4.39 Å². The molecule has 2 aromatic rings. The first-order chi connectivity index (χ1) is 8.70. The smallest absolute Gasteiger partial charge is 0.127 e. The van der Waals surface area contributed by atoms with Crippen LogP contribution in [0, 0.1) is 5.82 Å². The highest BCUT2D eigenvalue weighted by Crippen LogP contribution is 2.21. The van der Waals surface area contributed by atoms with Crippen LogP contribution in [0.5, 0.6) is 0 Å². The molecule has 1 atom stereocenters. The minimum Gasteiger partial charge on any atom is -0.316 e. The third-order valence-electron chi connectivity index (χ3n) is 2.85. The van der Waals surface area contributed by atoms with Crippen molar-refractivity contribution in [3.8, 4) is 0 Å². The summed E-state index contributed by atoms with van der Waals surface area (Å²) >= 11 is 7.64. The van der Waals surface area contributed by atoms with Gasteiger partial charge in [-0.3, -0.25) is 4.98 Å². The molecular formula is C13H14ClFN2S. The Morgan fingerprint density at radius 3 is 2.89 bits per heavy atom. The van der Waals surface area contributed by atoms with Crippen molar-refractivity contribution in [2.45, 2.75) is 18.9 Å². The number of halogens is 2. The molecule has 0 saturated carbocycles. The summed E-state index contributed by atoms with van der Waals surface area (Å²) in [5.41, 5.74) is 2.38. The molecule has 0 fully saturated rings. The number of nitrogens with zero attached hydrogens (tertiary/aromatic N) is 1. The van der Waals surface area contributed by atoms with Gasteiger partial charge in [-0.15, -0.1) is 11.3 Å². The maximum absolute atomic E-state index is 13.7. The summed E-state index contributed by atoms with van der Waals surface area (Å²) in [6.07, 6.45) is 3.24. The normalized spacial score (nSPS) is 12.6. The molecule has 0 bridgehead atoms. The minimum atomic E-state index is -0.243. The Kier molecular flexibility index (Phi) is 4.69. The molecule has 0 aliphatic heterocycles. The molecule has 0 saturated heterocycles. The van der Waals surface area contributed by atoms with Gasteiger partial charge in [0.05, 0.1) is 5.51 Å². The van der Waals surface area contributed by atoms with Crippen LogP contribution in [0.1, 0.15) is 10.4 Å². The third kappa shape index (κ3) is 3.28. The molecule has 0 amide bonds. The number of likely N-dealkylation sites (N-methyl/N-ethyl adjacent to an activating group) is 1. The Morgan fingerprint density at radius 1 is 1.44 bits per heavy atom. The monoisotopic (exact) mass is 284 g/mol. The average Bonchev–Trinajstić information content (AvgIpc) is 2.85. The zero-order valence-corrected chi connectivity index (χ0v) is 11.6. The molecule has 5 heteroatoms. The number of hydrogen-bond donors (Lipinski definition) is 1. The van der Waals surface area contributed by atoms with E-state index >= 15 is 0 Å². The lowest BCUT2D eigenvalue weighted by Gasteiger charge is -2.16. The van der Waals surface area contributed by atoms with Crippen LogP contribution in [-0.4, -0.2) is 18.1 Å². The van der Waals surface area contributed by atoms with E-state index in [1.807, 2.05) is 13.2 Å². The van der Waals surface area contributed by atoms with Gasteiger partial charge in [-0.1, -0.05) is 17.7 Å². The van der Waals surface area contributed by atoms with E-state index < -0.39 is 0 Å². The van der Waals surface area contributed by atoms with E-state index in [0.717, 1.165) is 6.42 Å². The zero-order valence-electron chi connectivity index (χ0n) is 9.99. The molecular weight excluding hydrogens is 271 g/mol. The second-order valence-corrected chi connectivity index (χ2v) is 5.44. The van der Waals surface area contributed by atoms with Crippen LogP contribution >= 0.6 is 22.9 Å². The summed E-state index contributed by atoms with van der Waals surface area (Å²) in [5.74, 6) is -0.243. The van der Waals surface area contributed by atoms with E-state index in [9.17, 15) is 4.39 Å². The number of rotatable bonds is 5. The Morgan fingerprint density at radius 2 is 2.28 bits per heavy atom. The standard InChI is InChI=1S/C13H14ClFN2S/c1-16-9(5-10-7-17-8-18-10)6-11-12(14)3-2-4-13(11)15/h2-4,7-9,16H,5-6H2,1H3. The van der Waals surface area contributed by atoms with Crippen molar-refractivity contribution in [1.82, 2.24) is 10.3 Å². The van der Waals surface area contributed by atoms with Gasteiger partial charge < -0.3 is 5.32 Å². The van der Waals surface area contributed by atoms with Gasteiger partial charge in [-0.2, -0.15) is 0 Å². The maximum Gasteiger partial charge on any atom is 0.127 e. The van der Waals surface area contributed by atoms with Crippen LogP contribution in [0.15, 0.2) is 29.9 Å². The molecule has 0 aliphatic rings. The number of thiazole rings is 1. The Labute approximate surface area is 115 Å². The summed E-state index contributed by atoms with van der Waals surface area (Å²) in [5, 5.41) is 3.68. The van der Waals surface area contributed by atoms with Crippen molar-refractivity contribution >= 4 is 22.9 Å². The highest BCUT2D eigenvalue weighted by atomic mass is 35.5. The topological polar surface area (TPSA) is 24.9 Å². The highest BCUT2D eigenvalue weighted by molar-refractivity contribution is 7.09. The van der Waals surface area contributed by atoms with Crippen LogP contribution < -0.4 is 5.32 Å². The van der Waals surface area contributed by atoms with Crippen LogP contribution in [0.2, 0.25) is 5.02 Å². The molecule has 96 valence electrons. The second kappa shape index (κ2) is 6.27. The van der Waals surface area contributed by atoms with Crippen molar-refractivity contribution in [3.63, 3.8) is 0 Å². The van der Waals surface area contributed by atoms with Gasteiger partial charge in [-0.05, 0) is 32.0 Å². The van der Waals surface area contributed by atoms with Crippen molar-refractivity contribution in [1.29, 1.82) is 0 Å². The average molecular weight is 285 g/mol. The summed E-state index contributed by atoms with van der Waals surface area (Å²) in [6.45, 7) is 0. The fourth-order valence-corrected chi connectivity index (χ4v) is 2.75. The number of nitrogens with one attached hydrogen (secondary N) is 1. The summed E-state index contributed by atoms with van der Waals surface area (Å²) < 4.78 is 13.7. The van der Waals surface area contributed by atoms with E-state index in [0.29, 0.717) is 17.0 Å². The lowest BCUT2D eigenvalue weighted by molar-refractivity contribution is 0.534. The van der Waals surface area contributed by atoms with Gasteiger partial charge >= 0.3 is 0 Å². The van der Waals surface area contributed by atoms with Crippen molar-refractivity contribution in [2.75, 3.05) is 7.05 Å². The predicted octanol–water partition coefficient (Wildman–Crippen LogP) is 3.31. The van der Waals surface area contributed by atoms with Gasteiger partial charge in [0.25, 0.3) is 0 Å². The summed E-state index contributed by atoms with van der Waals surface area (Å²) in [6, 6.07) is 4.94. The molecule has 2 nitrogen and oxygen atoms in total. The first-order valence-corrected chi connectivity index (χ1v) is 6.94.